The Morgan fingerprint density at radius 3 is 2.05 bits per heavy atom. The van der Waals surface area contributed by atoms with E-state index in [-0.39, 0.29) is 5.75 Å². The second kappa shape index (κ2) is 9.92. The Morgan fingerprint density at radius 1 is 0.952 bits per heavy atom. The number of benzene rings is 1. The SMILES string of the molecule is CCCCOc1cc(OB(O)O)c(OCCCC)cc1Br. The van der Waals surface area contributed by atoms with Crippen LogP contribution in [-0.4, -0.2) is 30.6 Å². The van der Waals surface area contributed by atoms with Gasteiger partial charge in [0.05, 0.1) is 17.7 Å². The Bertz CT molecular complexity index is 428. The first kappa shape index (κ1) is 18.1. The van der Waals surface area contributed by atoms with Gasteiger partial charge in [-0.25, -0.2) is 0 Å². The lowest BCUT2D eigenvalue weighted by atomic mass is 10.2. The molecule has 0 aliphatic heterocycles. The van der Waals surface area contributed by atoms with E-state index in [9.17, 15) is 0 Å². The summed E-state index contributed by atoms with van der Waals surface area (Å²) in [6, 6.07) is 3.31. The van der Waals surface area contributed by atoms with Gasteiger partial charge in [0.2, 0.25) is 0 Å². The van der Waals surface area contributed by atoms with Crippen molar-refractivity contribution < 1.29 is 24.2 Å². The van der Waals surface area contributed by atoms with Gasteiger partial charge in [0, 0.05) is 12.1 Å². The van der Waals surface area contributed by atoms with E-state index in [1.165, 1.54) is 0 Å². The molecule has 0 aromatic heterocycles. The number of halogens is 1. The molecule has 0 aliphatic carbocycles. The summed E-state index contributed by atoms with van der Waals surface area (Å²) in [6.45, 7) is 5.28. The molecule has 0 amide bonds. The zero-order valence-electron chi connectivity index (χ0n) is 12.5. The van der Waals surface area contributed by atoms with E-state index in [0.717, 1.165) is 30.2 Å². The first-order chi connectivity index (χ1) is 10.1. The summed E-state index contributed by atoms with van der Waals surface area (Å²) in [7, 11) is -1.90. The minimum atomic E-state index is -1.90. The van der Waals surface area contributed by atoms with Crippen molar-refractivity contribution in [1.29, 1.82) is 0 Å². The third-order valence-corrected chi connectivity index (χ3v) is 3.36. The monoisotopic (exact) mass is 360 g/mol. The van der Waals surface area contributed by atoms with Gasteiger partial charge < -0.3 is 24.2 Å². The zero-order valence-corrected chi connectivity index (χ0v) is 14.1. The first-order valence-corrected chi connectivity index (χ1v) is 7.99. The fourth-order valence-electron chi connectivity index (χ4n) is 1.60. The van der Waals surface area contributed by atoms with Crippen molar-refractivity contribution >= 4 is 23.3 Å². The highest BCUT2D eigenvalue weighted by atomic mass is 79.9. The maximum absolute atomic E-state index is 9.00. The summed E-state index contributed by atoms with van der Waals surface area (Å²) in [5.41, 5.74) is 0. The van der Waals surface area contributed by atoms with E-state index in [1.54, 1.807) is 12.1 Å². The van der Waals surface area contributed by atoms with Crippen LogP contribution in [0, 0.1) is 0 Å². The molecular weight excluding hydrogens is 339 g/mol. The predicted octanol–water partition coefficient (Wildman–Crippen LogP) is 3.16. The zero-order chi connectivity index (χ0) is 15.7. The van der Waals surface area contributed by atoms with Crippen LogP contribution in [0.2, 0.25) is 0 Å². The second-order valence-electron chi connectivity index (χ2n) is 4.58. The predicted molar refractivity (Wildman–Crippen MR) is 85.8 cm³/mol. The third kappa shape index (κ3) is 6.59. The molecule has 0 saturated carbocycles. The van der Waals surface area contributed by atoms with E-state index in [2.05, 4.69) is 29.8 Å². The number of hydrogen-bond donors (Lipinski definition) is 2. The summed E-state index contributed by atoms with van der Waals surface area (Å²) in [4.78, 5) is 0. The lowest BCUT2D eigenvalue weighted by Crippen LogP contribution is -2.21. The maximum atomic E-state index is 9.00. The minimum absolute atomic E-state index is 0.246. The molecule has 21 heavy (non-hydrogen) atoms. The lowest BCUT2D eigenvalue weighted by Gasteiger charge is -2.16. The smallest absolute Gasteiger partial charge is 0.509 e. The van der Waals surface area contributed by atoms with Gasteiger partial charge in [-0.15, -0.1) is 0 Å². The fourth-order valence-corrected chi connectivity index (χ4v) is 2.04. The Morgan fingerprint density at radius 2 is 1.52 bits per heavy atom. The van der Waals surface area contributed by atoms with E-state index >= 15 is 0 Å². The summed E-state index contributed by atoms with van der Waals surface area (Å²) < 4.78 is 16.9. The van der Waals surface area contributed by atoms with Gasteiger partial charge >= 0.3 is 7.32 Å². The van der Waals surface area contributed by atoms with Crippen LogP contribution in [0.5, 0.6) is 17.2 Å². The number of rotatable bonds is 10. The van der Waals surface area contributed by atoms with E-state index < -0.39 is 7.32 Å². The minimum Gasteiger partial charge on any atom is -0.509 e. The van der Waals surface area contributed by atoms with E-state index in [1.807, 2.05) is 0 Å². The fraction of sp³-hybridized carbons (Fsp3) is 0.571. The molecule has 0 unspecified atom stereocenters. The topological polar surface area (TPSA) is 68.2 Å². The molecule has 0 radical (unpaired) electrons. The van der Waals surface area contributed by atoms with Gasteiger partial charge in [-0.2, -0.15) is 0 Å². The van der Waals surface area contributed by atoms with Crippen molar-refractivity contribution in [3.8, 4) is 17.2 Å². The van der Waals surface area contributed by atoms with Crippen molar-refractivity contribution in [2.45, 2.75) is 39.5 Å². The van der Waals surface area contributed by atoms with Crippen molar-refractivity contribution in [3.05, 3.63) is 16.6 Å². The Hall–Kier alpha value is -0.915. The Kier molecular flexibility index (Phi) is 8.57. The molecular formula is C14H22BBrO5. The lowest BCUT2D eigenvalue weighted by molar-refractivity contribution is 0.261. The number of hydrogen-bond acceptors (Lipinski definition) is 5. The van der Waals surface area contributed by atoms with Crippen molar-refractivity contribution in [3.63, 3.8) is 0 Å². The standard InChI is InChI=1S/C14H22BBrO5/c1-3-5-7-19-12-10-14(21-15(17)18)13(9-11(12)16)20-8-6-4-2/h9-10,17-18H,3-8H2,1-2H3. The highest BCUT2D eigenvalue weighted by molar-refractivity contribution is 9.10. The molecule has 1 aromatic rings. The van der Waals surface area contributed by atoms with Crippen LogP contribution in [0.15, 0.2) is 16.6 Å². The van der Waals surface area contributed by atoms with Gasteiger partial charge in [0.1, 0.15) is 11.5 Å². The molecule has 0 atom stereocenters. The maximum Gasteiger partial charge on any atom is 0.707 e. The summed E-state index contributed by atoms with van der Waals surface area (Å²) in [6.07, 6.45) is 3.90. The summed E-state index contributed by atoms with van der Waals surface area (Å²) >= 11 is 3.42. The third-order valence-electron chi connectivity index (χ3n) is 2.74. The second-order valence-corrected chi connectivity index (χ2v) is 5.43. The van der Waals surface area contributed by atoms with Crippen LogP contribution < -0.4 is 14.1 Å². The average molecular weight is 361 g/mol. The summed E-state index contributed by atoms with van der Waals surface area (Å²) in [5.74, 6) is 1.28. The number of unbranched alkanes of at least 4 members (excludes halogenated alkanes) is 2. The molecule has 0 saturated heterocycles. The molecule has 2 N–H and O–H groups in total. The molecule has 0 heterocycles. The van der Waals surface area contributed by atoms with Gasteiger partial charge in [-0.1, -0.05) is 26.7 Å². The molecule has 0 aliphatic rings. The molecule has 5 nitrogen and oxygen atoms in total. The van der Waals surface area contributed by atoms with Gasteiger partial charge in [-0.3, -0.25) is 0 Å². The van der Waals surface area contributed by atoms with Crippen LogP contribution in [0.4, 0.5) is 0 Å². The molecule has 0 fully saturated rings. The van der Waals surface area contributed by atoms with Gasteiger partial charge in [0.25, 0.3) is 0 Å². The average Bonchev–Trinajstić information content (AvgIpc) is 2.43. The highest BCUT2D eigenvalue weighted by Gasteiger charge is 2.18. The molecule has 1 aromatic carbocycles. The van der Waals surface area contributed by atoms with Crippen LogP contribution in [-0.2, 0) is 0 Å². The normalized spacial score (nSPS) is 10.3. The van der Waals surface area contributed by atoms with E-state index in [4.69, 9.17) is 24.2 Å². The van der Waals surface area contributed by atoms with Crippen LogP contribution in [0.25, 0.3) is 0 Å². The largest absolute Gasteiger partial charge is 0.707 e. The van der Waals surface area contributed by atoms with Gasteiger partial charge in [0.15, 0.2) is 5.75 Å². The Labute approximate surface area is 134 Å². The van der Waals surface area contributed by atoms with Crippen LogP contribution >= 0.6 is 15.9 Å². The molecule has 118 valence electrons. The van der Waals surface area contributed by atoms with Crippen LogP contribution in [0.1, 0.15) is 39.5 Å². The summed E-state index contributed by atoms with van der Waals surface area (Å²) in [5, 5.41) is 18.0. The van der Waals surface area contributed by atoms with Crippen molar-refractivity contribution in [2.24, 2.45) is 0 Å². The molecule has 0 spiro atoms. The van der Waals surface area contributed by atoms with Crippen molar-refractivity contribution in [1.82, 2.24) is 0 Å². The first-order valence-electron chi connectivity index (χ1n) is 7.20. The highest BCUT2D eigenvalue weighted by Crippen LogP contribution is 2.38. The number of ether oxygens (including phenoxy) is 2. The quantitative estimate of drug-likeness (QED) is 0.495. The molecule has 7 heteroatoms. The van der Waals surface area contributed by atoms with Gasteiger partial charge in [-0.05, 0) is 28.8 Å². The Balaban J connectivity index is 2.87. The van der Waals surface area contributed by atoms with E-state index in [0.29, 0.717) is 24.7 Å². The van der Waals surface area contributed by atoms with Crippen LogP contribution in [0.3, 0.4) is 0 Å². The molecule has 1 rings (SSSR count). The molecule has 0 bridgehead atoms. The van der Waals surface area contributed by atoms with Crippen molar-refractivity contribution in [2.75, 3.05) is 13.2 Å².